The van der Waals surface area contributed by atoms with Crippen molar-refractivity contribution < 1.29 is 14.3 Å². The smallest absolute Gasteiger partial charge is 0.266 e. The van der Waals surface area contributed by atoms with Gasteiger partial charge in [0.25, 0.3) is 11.8 Å². The number of halogens is 1. The molecule has 1 saturated heterocycles. The highest BCUT2D eigenvalue weighted by molar-refractivity contribution is 8.26. The van der Waals surface area contributed by atoms with Gasteiger partial charge in [0.05, 0.1) is 9.93 Å². The molecule has 0 saturated carbocycles. The van der Waals surface area contributed by atoms with E-state index >= 15 is 0 Å². The number of thioether (sulfide) groups is 1. The highest BCUT2D eigenvalue weighted by Gasteiger charge is 2.33. The number of amides is 2. The van der Waals surface area contributed by atoms with E-state index in [-0.39, 0.29) is 24.5 Å². The van der Waals surface area contributed by atoms with Crippen LogP contribution in [0.3, 0.4) is 0 Å². The van der Waals surface area contributed by atoms with Gasteiger partial charge in [0, 0.05) is 11.7 Å². The summed E-state index contributed by atoms with van der Waals surface area (Å²) < 4.78 is 6.13. The second-order valence-corrected chi connectivity index (χ2v) is 9.57. The summed E-state index contributed by atoms with van der Waals surface area (Å²) in [6, 6.07) is 11.0. The number of rotatable bonds is 6. The molecule has 2 aromatic carbocycles. The molecule has 0 atom stereocenters. The molecule has 0 aromatic heterocycles. The van der Waals surface area contributed by atoms with Gasteiger partial charge in [-0.1, -0.05) is 59.3 Å². The minimum Gasteiger partial charge on any atom is -0.482 e. The van der Waals surface area contributed by atoms with Gasteiger partial charge in [-0.15, -0.1) is 0 Å². The average Bonchev–Trinajstić information content (AvgIpc) is 2.96. The summed E-state index contributed by atoms with van der Waals surface area (Å²) in [5.74, 6) is 0.0123. The highest BCUT2D eigenvalue weighted by atomic mass is 35.5. The van der Waals surface area contributed by atoms with E-state index in [1.54, 1.807) is 29.2 Å². The number of nitrogens with one attached hydrogen (secondary N) is 1. The standard InChI is InChI=1S/C23H23ClN2O3S2/c1-13(2)26-22(28)20(31-23(26)30)11-16-6-8-19(17(24)10-16)29-12-21(27)25-18-7-5-14(3)9-15(18)4/h5-11,13H,12H2,1-4H3,(H,25,27)/b20-11-. The van der Waals surface area contributed by atoms with Crippen molar-refractivity contribution in [3.63, 3.8) is 0 Å². The Bertz CT molecular complexity index is 1080. The van der Waals surface area contributed by atoms with Crippen LogP contribution in [0.2, 0.25) is 5.02 Å². The van der Waals surface area contributed by atoms with Crippen LogP contribution in [-0.4, -0.2) is 33.7 Å². The average molecular weight is 475 g/mol. The molecule has 1 aliphatic heterocycles. The molecule has 1 heterocycles. The SMILES string of the molecule is Cc1ccc(NC(=O)COc2ccc(/C=C3\SC(=S)N(C(C)C)C3=O)cc2Cl)c(C)c1. The quantitative estimate of drug-likeness (QED) is 0.437. The van der Waals surface area contributed by atoms with Gasteiger partial charge < -0.3 is 10.1 Å². The molecule has 0 bridgehead atoms. The number of anilines is 1. The van der Waals surface area contributed by atoms with Crippen molar-refractivity contribution in [2.24, 2.45) is 0 Å². The van der Waals surface area contributed by atoms with Gasteiger partial charge in [-0.05, 0) is 63.1 Å². The lowest BCUT2D eigenvalue weighted by atomic mass is 10.1. The summed E-state index contributed by atoms with van der Waals surface area (Å²) in [7, 11) is 0. The third-order valence-electron chi connectivity index (χ3n) is 4.61. The summed E-state index contributed by atoms with van der Waals surface area (Å²) in [5.41, 5.74) is 3.62. The first-order chi connectivity index (χ1) is 14.7. The first-order valence-corrected chi connectivity index (χ1v) is 11.3. The molecule has 0 radical (unpaired) electrons. The minimum absolute atomic E-state index is 0.00704. The van der Waals surface area contributed by atoms with Crippen LogP contribution >= 0.6 is 35.6 Å². The van der Waals surface area contributed by atoms with E-state index < -0.39 is 0 Å². The van der Waals surface area contributed by atoms with Crippen LogP contribution < -0.4 is 10.1 Å². The molecule has 8 heteroatoms. The zero-order chi connectivity index (χ0) is 22.7. The lowest BCUT2D eigenvalue weighted by molar-refractivity contribution is -0.123. The van der Waals surface area contributed by atoms with Gasteiger partial charge >= 0.3 is 0 Å². The maximum atomic E-state index is 12.5. The molecule has 162 valence electrons. The zero-order valence-electron chi connectivity index (χ0n) is 17.7. The number of benzene rings is 2. The van der Waals surface area contributed by atoms with Gasteiger partial charge in [0.15, 0.2) is 6.61 Å². The van der Waals surface area contributed by atoms with E-state index in [1.165, 1.54) is 11.8 Å². The predicted molar refractivity (Wildman–Crippen MR) is 132 cm³/mol. The summed E-state index contributed by atoms with van der Waals surface area (Å²) >= 11 is 12.9. The van der Waals surface area contributed by atoms with Crippen LogP contribution in [0.15, 0.2) is 41.3 Å². The molecule has 0 spiro atoms. The third kappa shape index (κ3) is 5.67. The van der Waals surface area contributed by atoms with E-state index in [1.807, 2.05) is 45.9 Å². The van der Waals surface area contributed by atoms with Crippen LogP contribution in [0.4, 0.5) is 5.69 Å². The second kappa shape index (κ2) is 9.85. The van der Waals surface area contributed by atoms with Crippen molar-refractivity contribution in [1.29, 1.82) is 0 Å². The Morgan fingerprint density at radius 1 is 1.26 bits per heavy atom. The minimum atomic E-state index is -0.274. The van der Waals surface area contributed by atoms with Crippen molar-refractivity contribution in [1.82, 2.24) is 4.90 Å². The number of carbonyl (C=O) groups excluding carboxylic acids is 2. The Morgan fingerprint density at radius 2 is 2.00 bits per heavy atom. The van der Waals surface area contributed by atoms with Crippen LogP contribution in [0.25, 0.3) is 6.08 Å². The summed E-state index contributed by atoms with van der Waals surface area (Å²) in [4.78, 5) is 26.9. The second-order valence-electron chi connectivity index (χ2n) is 7.49. The number of hydrogen-bond acceptors (Lipinski definition) is 5. The Kier molecular flexibility index (Phi) is 7.41. The molecular weight excluding hydrogens is 452 g/mol. The predicted octanol–water partition coefficient (Wildman–Crippen LogP) is 5.58. The summed E-state index contributed by atoms with van der Waals surface area (Å²) in [6.45, 7) is 7.62. The third-order valence-corrected chi connectivity index (χ3v) is 6.23. The van der Waals surface area contributed by atoms with Crippen LogP contribution in [-0.2, 0) is 9.59 Å². The fourth-order valence-corrected chi connectivity index (χ4v) is 4.85. The topological polar surface area (TPSA) is 58.6 Å². The number of nitrogens with zero attached hydrogens (tertiary/aromatic N) is 1. The molecule has 2 amide bonds. The lowest BCUT2D eigenvalue weighted by Crippen LogP contribution is -2.34. The number of aryl methyl sites for hydroxylation is 2. The maximum Gasteiger partial charge on any atom is 0.266 e. The van der Waals surface area contributed by atoms with Gasteiger partial charge in [0.2, 0.25) is 0 Å². The van der Waals surface area contributed by atoms with Crippen LogP contribution in [0.1, 0.15) is 30.5 Å². The normalized spacial score (nSPS) is 15.2. The molecule has 5 nitrogen and oxygen atoms in total. The zero-order valence-corrected chi connectivity index (χ0v) is 20.1. The Labute approximate surface area is 196 Å². The summed E-state index contributed by atoms with van der Waals surface area (Å²) in [6.07, 6.45) is 1.75. The fraction of sp³-hybridized carbons (Fsp3) is 0.261. The molecule has 3 rings (SSSR count). The number of carbonyl (C=O) groups is 2. The first kappa shape index (κ1) is 23.3. The lowest BCUT2D eigenvalue weighted by Gasteiger charge is -2.18. The van der Waals surface area contributed by atoms with E-state index in [4.69, 9.17) is 28.6 Å². The van der Waals surface area contributed by atoms with E-state index in [0.717, 1.165) is 22.4 Å². The van der Waals surface area contributed by atoms with Crippen molar-refractivity contribution in [3.8, 4) is 5.75 Å². The Hall–Kier alpha value is -2.35. The van der Waals surface area contributed by atoms with Gasteiger partial charge in [-0.2, -0.15) is 0 Å². The molecule has 1 fully saturated rings. The molecule has 1 N–H and O–H groups in total. The van der Waals surface area contributed by atoms with Crippen LogP contribution in [0, 0.1) is 13.8 Å². The molecule has 0 aliphatic carbocycles. The van der Waals surface area contributed by atoms with Gasteiger partial charge in [-0.25, -0.2) is 0 Å². The molecule has 1 aliphatic rings. The molecule has 31 heavy (non-hydrogen) atoms. The van der Waals surface area contributed by atoms with E-state index in [0.29, 0.717) is 20.0 Å². The van der Waals surface area contributed by atoms with Crippen LogP contribution in [0.5, 0.6) is 5.75 Å². The molecular formula is C23H23ClN2O3S2. The molecule has 0 unspecified atom stereocenters. The Morgan fingerprint density at radius 3 is 2.61 bits per heavy atom. The first-order valence-electron chi connectivity index (χ1n) is 9.72. The van der Waals surface area contributed by atoms with Crippen molar-refractivity contribution >= 4 is 63.5 Å². The van der Waals surface area contributed by atoms with Crippen molar-refractivity contribution in [3.05, 3.63) is 63.0 Å². The summed E-state index contributed by atoms with van der Waals surface area (Å²) in [5, 5.41) is 3.19. The van der Waals surface area contributed by atoms with Crippen molar-refractivity contribution in [2.75, 3.05) is 11.9 Å². The van der Waals surface area contributed by atoms with Gasteiger partial charge in [-0.3, -0.25) is 14.5 Å². The monoisotopic (exact) mass is 474 g/mol. The van der Waals surface area contributed by atoms with Crippen molar-refractivity contribution in [2.45, 2.75) is 33.7 Å². The number of ether oxygens (including phenoxy) is 1. The fourth-order valence-electron chi connectivity index (χ4n) is 3.08. The largest absolute Gasteiger partial charge is 0.482 e. The number of hydrogen-bond donors (Lipinski definition) is 1. The van der Waals surface area contributed by atoms with Gasteiger partial charge in [0.1, 0.15) is 10.1 Å². The Balaban J connectivity index is 1.64. The van der Waals surface area contributed by atoms with E-state index in [2.05, 4.69) is 5.32 Å². The highest BCUT2D eigenvalue weighted by Crippen LogP contribution is 2.35. The van der Waals surface area contributed by atoms with E-state index in [9.17, 15) is 9.59 Å². The number of thiocarbonyl (C=S) groups is 1. The maximum absolute atomic E-state index is 12.5. The molecule has 2 aromatic rings.